The summed E-state index contributed by atoms with van der Waals surface area (Å²) in [5.41, 5.74) is 2.88. The van der Waals surface area contributed by atoms with E-state index in [4.69, 9.17) is 4.74 Å². The van der Waals surface area contributed by atoms with Gasteiger partial charge in [-0.1, -0.05) is 29.8 Å². The first-order chi connectivity index (χ1) is 7.52. The molecule has 0 bridgehead atoms. The maximum atomic E-state index is 5.48. The molecule has 1 aromatic rings. The molecule has 0 unspecified atom stereocenters. The molecular weight excluding hydrogens is 198 g/mol. The number of hydrogen-bond acceptors (Lipinski definition) is 2. The minimum absolute atomic E-state index is 0.0546. The molecule has 0 saturated carbocycles. The van der Waals surface area contributed by atoms with Gasteiger partial charge in [-0.2, -0.15) is 0 Å². The normalized spacial score (nSPS) is 19.2. The lowest BCUT2D eigenvalue weighted by Crippen LogP contribution is -2.65. The molecule has 1 aliphatic rings. The van der Waals surface area contributed by atoms with Crippen molar-refractivity contribution in [1.29, 1.82) is 0 Å². The SMILES string of the molecule is CNC(C)(C)C1(c2cccc(C)c2)COC1. The smallest absolute Gasteiger partial charge is 0.0603 e. The van der Waals surface area contributed by atoms with Crippen LogP contribution in [0.5, 0.6) is 0 Å². The second kappa shape index (κ2) is 3.86. The van der Waals surface area contributed by atoms with E-state index in [9.17, 15) is 0 Å². The largest absolute Gasteiger partial charge is 0.379 e. The van der Waals surface area contributed by atoms with Gasteiger partial charge in [0.15, 0.2) is 0 Å². The Balaban J connectivity index is 2.43. The van der Waals surface area contributed by atoms with Crippen molar-refractivity contribution in [3.8, 4) is 0 Å². The molecule has 1 N–H and O–H groups in total. The van der Waals surface area contributed by atoms with Crippen LogP contribution in [0.3, 0.4) is 0 Å². The van der Waals surface area contributed by atoms with E-state index in [1.807, 2.05) is 7.05 Å². The van der Waals surface area contributed by atoms with Crippen LogP contribution < -0.4 is 5.32 Å². The number of benzene rings is 1. The van der Waals surface area contributed by atoms with E-state index in [1.165, 1.54) is 11.1 Å². The fourth-order valence-electron chi connectivity index (χ4n) is 2.38. The molecule has 0 atom stereocenters. The molecule has 88 valence electrons. The van der Waals surface area contributed by atoms with Crippen LogP contribution in [0.15, 0.2) is 24.3 Å². The number of likely N-dealkylation sites (N-methyl/N-ethyl adjacent to an activating group) is 1. The number of hydrogen-bond donors (Lipinski definition) is 1. The van der Waals surface area contributed by atoms with E-state index in [1.54, 1.807) is 0 Å². The van der Waals surface area contributed by atoms with E-state index >= 15 is 0 Å². The van der Waals surface area contributed by atoms with Crippen molar-refractivity contribution >= 4 is 0 Å². The maximum Gasteiger partial charge on any atom is 0.0603 e. The molecule has 1 aliphatic heterocycles. The highest BCUT2D eigenvalue weighted by Gasteiger charge is 2.51. The average Bonchev–Trinajstić information content (AvgIpc) is 2.15. The predicted octanol–water partition coefficient (Wildman–Crippen LogP) is 2.26. The fraction of sp³-hybridized carbons (Fsp3) is 0.571. The van der Waals surface area contributed by atoms with Gasteiger partial charge in [-0.15, -0.1) is 0 Å². The van der Waals surface area contributed by atoms with Crippen LogP contribution in [0.4, 0.5) is 0 Å². The Morgan fingerprint density at radius 3 is 2.44 bits per heavy atom. The molecule has 0 spiro atoms. The van der Waals surface area contributed by atoms with E-state index in [0.717, 1.165) is 13.2 Å². The first-order valence-electron chi connectivity index (χ1n) is 5.86. The average molecular weight is 219 g/mol. The molecule has 1 heterocycles. The molecule has 1 aromatic carbocycles. The van der Waals surface area contributed by atoms with Crippen molar-refractivity contribution in [2.45, 2.75) is 31.7 Å². The van der Waals surface area contributed by atoms with Gasteiger partial charge < -0.3 is 10.1 Å². The molecule has 0 amide bonds. The summed E-state index contributed by atoms with van der Waals surface area (Å²) >= 11 is 0. The lowest BCUT2D eigenvalue weighted by atomic mass is 9.65. The third-order valence-corrected chi connectivity index (χ3v) is 4.09. The zero-order chi connectivity index (χ0) is 11.8. The lowest BCUT2D eigenvalue weighted by molar-refractivity contribution is -0.0991. The maximum absolute atomic E-state index is 5.48. The summed E-state index contributed by atoms with van der Waals surface area (Å²) in [5, 5.41) is 3.42. The lowest BCUT2D eigenvalue weighted by Gasteiger charge is -2.52. The van der Waals surface area contributed by atoms with Gasteiger partial charge in [-0.3, -0.25) is 0 Å². The first-order valence-corrected chi connectivity index (χ1v) is 5.86. The number of nitrogens with one attached hydrogen (secondary N) is 1. The minimum atomic E-state index is 0.0546. The van der Waals surface area contributed by atoms with Crippen molar-refractivity contribution < 1.29 is 4.74 Å². The molecule has 0 aromatic heterocycles. The molecule has 1 saturated heterocycles. The Kier molecular flexibility index (Phi) is 2.81. The van der Waals surface area contributed by atoms with Crippen LogP contribution in [-0.2, 0) is 10.2 Å². The highest BCUT2D eigenvalue weighted by Crippen LogP contribution is 2.41. The van der Waals surface area contributed by atoms with E-state index in [-0.39, 0.29) is 11.0 Å². The summed E-state index contributed by atoms with van der Waals surface area (Å²) in [6.45, 7) is 8.26. The molecule has 0 radical (unpaired) electrons. The van der Waals surface area contributed by atoms with Gasteiger partial charge in [-0.25, -0.2) is 0 Å². The fourth-order valence-corrected chi connectivity index (χ4v) is 2.38. The summed E-state index contributed by atoms with van der Waals surface area (Å²) in [6, 6.07) is 8.77. The monoisotopic (exact) mass is 219 g/mol. The van der Waals surface area contributed by atoms with Crippen LogP contribution in [0, 0.1) is 6.92 Å². The summed E-state index contributed by atoms with van der Waals surface area (Å²) in [4.78, 5) is 0. The Morgan fingerprint density at radius 2 is 2.00 bits per heavy atom. The summed E-state index contributed by atoms with van der Waals surface area (Å²) in [6.07, 6.45) is 0. The zero-order valence-electron chi connectivity index (χ0n) is 10.6. The number of ether oxygens (including phenoxy) is 1. The van der Waals surface area contributed by atoms with E-state index in [0.29, 0.717) is 0 Å². The minimum Gasteiger partial charge on any atom is -0.379 e. The van der Waals surface area contributed by atoms with Crippen LogP contribution in [0.1, 0.15) is 25.0 Å². The highest BCUT2D eigenvalue weighted by atomic mass is 16.5. The molecule has 2 rings (SSSR count). The van der Waals surface area contributed by atoms with Gasteiger partial charge in [-0.05, 0) is 33.4 Å². The van der Waals surface area contributed by atoms with Crippen LogP contribution in [0.25, 0.3) is 0 Å². The van der Waals surface area contributed by atoms with E-state index < -0.39 is 0 Å². The van der Waals surface area contributed by atoms with Gasteiger partial charge in [0.05, 0.1) is 18.6 Å². The van der Waals surface area contributed by atoms with Gasteiger partial charge in [0.1, 0.15) is 0 Å². The summed E-state index contributed by atoms with van der Waals surface area (Å²) in [5.74, 6) is 0. The first kappa shape index (κ1) is 11.6. The van der Waals surface area contributed by atoms with Gasteiger partial charge in [0.2, 0.25) is 0 Å². The molecule has 2 heteroatoms. The molecule has 2 nitrogen and oxygen atoms in total. The van der Waals surface area contributed by atoms with Gasteiger partial charge >= 0.3 is 0 Å². The molecular formula is C14H21NO. The standard InChI is InChI=1S/C14H21NO/c1-11-6-5-7-12(8-11)14(9-16-10-14)13(2,3)15-4/h5-8,15H,9-10H2,1-4H3. The Labute approximate surface area is 98.0 Å². The van der Waals surface area contributed by atoms with Gasteiger partial charge in [0.25, 0.3) is 0 Å². The van der Waals surface area contributed by atoms with Crippen LogP contribution in [-0.4, -0.2) is 25.8 Å². The number of aryl methyl sites for hydroxylation is 1. The van der Waals surface area contributed by atoms with Crippen molar-refractivity contribution in [1.82, 2.24) is 5.32 Å². The quantitative estimate of drug-likeness (QED) is 0.842. The van der Waals surface area contributed by atoms with Crippen LogP contribution in [0.2, 0.25) is 0 Å². The second-order valence-corrected chi connectivity index (χ2v) is 5.32. The van der Waals surface area contributed by atoms with Gasteiger partial charge in [0, 0.05) is 5.54 Å². The Hall–Kier alpha value is -0.860. The second-order valence-electron chi connectivity index (χ2n) is 5.32. The summed E-state index contributed by atoms with van der Waals surface area (Å²) in [7, 11) is 2.02. The summed E-state index contributed by atoms with van der Waals surface area (Å²) < 4.78 is 5.48. The van der Waals surface area contributed by atoms with Crippen molar-refractivity contribution in [3.05, 3.63) is 35.4 Å². The van der Waals surface area contributed by atoms with E-state index in [2.05, 4.69) is 50.4 Å². The third-order valence-electron chi connectivity index (χ3n) is 4.09. The van der Waals surface area contributed by atoms with Crippen molar-refractivity contribution in [3.63, 3.8) is 0 Å². The highest BCUT2D eigenvalue weighted by molar-refractivity contribution is 5.35. The molecule has 1 fully saturated rings. The van der Waals surface area contributed by atoms with Crippen LogP contribution >= 0.6 is 0 Å². The zero-order valence-corrected chi connectivity index (χ0v) is 10.6. The van der Waals surface area contributed by atoms with Crippen molar-refractivity contribution in [2.75, 3.05) is 20.3 Å². The topological polar surface area (TPSA) is 21.3 Å². The Bertz CT molecular complexity index is 380. The predicted molar refractivity (Wildman–Crippen MR) is 66.8 cm³/mol. The van der Waals surface area contributed by atoms with Crippen molar-refractivity contribution in [2.24, 2.45) is 0 Å². The number of rotatable bonds is 3. The Morgan fingerprint density at radius 1 is 1.31 bits per heavy atom. The third kappa shape index (κ3) is 1.57. The molecule has 0 aliphatic carbocycles. The molecule has 16 heavy (non-hydrogen) atoms.